The average molecular weight is 322 g/mol. The van der Waals surface area contributed by atoms with Crippen molar-refractivity contribution in [3.8, 4) is 0 Å². The molecule has 0 bridgehead atoms. The lowest BCUT2D eigenvalue weighted by Crippen LogP contribution is -2.31. The lowest BCUT2D eigenvalue weighted by atomic mass is 9.99. The Hall–Kier alpha value is -2.13. The molecule has 1 N–H and O–H groups in total. The molecule has 1 fully saturated rings. The fourth-order valence-corrected chi connectivity index (χ4v) is 3.51. The Labute approximate surface area is 144 Å². The number of carbonyl (C=O) groups is 1. The first-order valence-electron chi connectivity index (χ1n) is 8.83. The average Bonchev–Trinajstić information content (AvgIpc) is 3.09. The Morgan fingerprint density at radius 2 is 1.83 bits per heavy atom. The molecular weight excluding hydrogens is 296 g/mol. The standard InChI is InChI=1S/C21H26N2O/c1-22-15-18-13-14-23(16-18)21(24)20-10-6-5-9-19(20)12-11-17-7-3-2-4-8-17/h2-10,18,22H,11-16H2,1H3/t18-/m0/s1. The first kappa shape index (κ1) is 16.7. The molecule has 1 heterocycles. The van der Waals surface area contributed by atoms with Crippen molar-refractivity contribution in [1.82, 2.24) is 10.2 Å². The minimum atomic E-state index is 0.192. The van der Waals surface area contributed by atoms with E-state index in [0.29, 0.717) is 5.92 Å². The predicted octanol–water partition coefficient (Wildman–Crippen LogP) is 3.15. The van der Waals surface area contributed by atoms with E-state index in [0.717, 1.165) is 50.0 Å². The molecule has 0 radical (unpaired) electrons. The number of carbonyl (C=O) groups excluding carboxylic acids is 1. The summed E-state index contributed by atoms with van der Waals surface area (Å²) in [6.07, 6.45) is 2.96. The molecule has 24 heavy (non-hydrogen) atoms. The number of nitrogens with zero attached hydrogens (tertiary/aromatic N) is 1. The molecular formula is C21H26N2O. The number of aryl methyl sites for hydroxylation is 2. The highest BCUT2D eigenvalue weighted by Crippen LogP contribution is 2.21. The molecule has 1 saturated heterocycles. The predicted molar refractivity (Wildman–Crippen MR) is 98.2 cm³/mol. The van der Waals surface area contributed by atoms with Gasteiger partial charge in [0.15, 0.2) is 0 Å². The third-order valence-electron chi connectivity index (χ3n) is 4.84. The third kappa shape index (κ3) is 4.04. The normalized spacial score (nSPS) is 17.2. The Balaban J connectivity index is 1.68. The molecule has 0 aromatic heterocycles. The second kappa shape index (κ2) is 8.11. The minimum absolute atomic E-state index is 0.192. The number of likely N-dealkylation sites (tertiary alicyclic amines) is 1. The van der Waals surface area contributed by atoms with E-state index in [1.54, 1.807) is 0 Å². The molecule has 1 aliphatic heterocycles. The Morgan fingerprint density at radius 3 is 2.62 bits per heavy atom. The maximum atomic E-state index is 12.9. The van der Waals surface area contributed by atoms with Gasteiger partial charge in [-0.1, -0.05) is 48.5 Å². The van der Waals surface area contributed by atoms with Gasteiger partial charge in [-0.25, -0.2) is 0 Å². The fourth-order valence-electron chi connectivity index (χ4n) is 3.51. The second-order valence-electron chi connectivity index (χ2n) is 6.61. The Kier molecular flexibility index (Phi) is 5.65. The lowest BCUT2D eigenvalue weighted by Gasteiger charge is -2.19. The summed E-state index contributed by atoms with van der Waals surface area (Å²) in [5, 5.41) is 3.22. The second-order valence-corrected chi connectivity index (χ2v) is 6.61. The quantitative estimate of drug-likeness (QED) is 0.886. The van der Waals surface area contributed by atoms with Crippen LogP contribution in [0.3, 0.4) is 0 Å². The molecule has 0 spiro atoms. The zero-order valence-corrected chi connectivity index (χ0v) is 14.4. The Bertz CT molecular complexity index is 669. The van der Waals surface area contributed by atoms with E-state index in [2.05, 4.69) is 35.6 Å². The van der Waals surface area contributed by atoms with Crippen LogP contribution in [0.2, 0.25) is 0 Å². The van der Waals surface area contributed by atoms with Gasteiger partial charge < -0.3 is 10.2 Å². The molecule has 1 amide bonds. The summed E-state index contributed by atoms with van der Waals surface area (Å²) in [4.78, 5) is 15.0. The van der Waals surface area contributed by atoms with Gasteiger partial charge in [0.2, 0.25) is 0 Å². The van der Waals surface area contributed by atoms with Crippen molar-refractivity contribution in [2.45, 2.75) is 19.3 Å². The van der Waals surface area contributed by atoms with E-state index in [-0.39, 0.29) is 5.91 Å². The van der Waals surface area contributed by atoms with E-state index in [9.17, 15) is 4.79 Å². The van der Waals surface area contributed by atoms with Crippen LogP contribution in [-0.2, 0) is 12.8 Å². The van der Waals surface area contributed by atoms with Gasteiger partial charge in [-0.3, -0.25) is 4.79 Å². The lowest BCUT2D eigenvalue weighted by molar-refractivity contribution is 0.0786. The van der Waals surface area contributed by atoms with Crippen molar-refractivity contribution in [3.63, 3.8) is 0 Å². The highest BCUT2D eigenvalue weighted by molar-refractivity contribution is 5.95. The van der Waals surface area contributed by atoms with Crippen LogP contribution in [0, 0.1) is 5.92 Å². The van der Waals surface area contributed by atoms with Crippen LogP contribution in [0.4, 0.5) is 0 Å². The molecule has 126 valence electrons. The molecule has 0 aliphatic carbocycles. The van der Waals surface area contributed by atoms with Crippen molar-refractivity contribution in [1.29, 1.82) is 0 Å². The molecule has 2 aromatic carbocycles. The number of amides is 1. The van der Waals surface area contributed by atoms with Gasteiger partial charge in [-0.15, -0.1) is 0 Å². The molecule has 0 saturated carbocycles. The monoisotopic (exact) mass is 322 g/mol. The molecule has 1 atom stereocenters. The van der Waals surface area contributed by atoms with Gasteiger partial charge in [0.05, 0.1) is 0 Å². The summed E-state index contributed by atoms with van der Waals surface area (Å²) in [6.45, 7) is 2.73. The highest BCUT2D eigenvalue weighted by atomic mass is 16.2. The van der Waals surface area contributed by atoms with Gasteiger partial charge in [-0.2, -0.15) is 0 Å². The number of nitrogens with one attached hydrogen (secondary N) is 1. The van der Waals surface area contributed by atoms with Gasteiger partial charge in [-0.05, 0) is 56.0 Å². The zero-order valence-electron chi connectivity index (χ0n) is 14.4. The van der Waals surface area contributed by atoms with Crippen molar-refractivity contribution >= 4 is 5.91 Å². The van der Waals surface area contributed by atoms with Crippen molar-refractivity contribution in [3.05, 3.63) is 71.3 Å². The van der Waals surface area contributed by atoms with Crippen LogP contribution >= 0.6 is 0 Å². The number of hydrogen-bond donors (Lipinski definition) is 1. The van der Waals surface area contributed by atoms with E-state index >= 15 is 0 Å². The topological polar surface area (TPSA) is 32.3 Å². The largest absolute Gasteiger partial charge is 0.338 e. The van der Waals surface area contributed by atoms with E-state index in [1.165, 1.54) is 5.56 Å². The van der Waals surface area contributed by atoms with Crippen molar-refractivity contribution in [2.75, 3.05) is 26.7 Å². The molecule has 1 aliphatic rings. The molecule has 3 heteroatoms. The minimum Gasteiger partial charge on any atom is -0.338 e. The maximum absolute atomic E-state index is 12.9. The molecule has 3 rings (SSSR count). The number of hydrogen-bond acceptors (Lipinski definition) is 2. The van der Waals surface area contributed by atoms with Gasteiger partial charge in [0.1, 0.15) is 0 Å². The first-order valence-corrected chi connectivity index (χ1v) is 8.83. The Morgan fingerprint density at radius 1 is 1.08 bits per heavy atom. The highest BCUT2D eigenvalue weighted by Gasteiger charge is 2.27. The zero-order chi connectivity index (χ0) is 16.8. The van der Waals surface area contributed by atoms with Crippen molar-refractivity contribution in [2.24, 2.45) is 5.92 Å². The summed E-state index contributed by atoms with van der Waals surface area (Å²) < 4.78 is 0. The summed E-state index contributed by atoms with van der Waals surface area (Å²) in [6, 6.07) is 18.5. The molecule has 3 nitrogen and oxygen atoms in total. The van der Waals surface area contributed by atoms with Crippen LogP contribution in [-0.4, -0.2) is 37.5 Å². The van der Waals surface area contributed by atoms with Crippen LogP contribution in [0.25, 0.3) is 0 Å². The first-order chi connectivity index (χ1) is 11.8. The SMILES string of the molecule is CNC[C@@H]1CCN(C(=O)c2ccccc2CCc2ccccc2)C1. The van der Waals surface area contributed by atoms with E-state index in [4.69, 9.17) is 0 Å². The number of rotatable bonds is 6. The van der Waals surface area contributed by atoms with Crippen LogP contribution in [0.1, 0.15) is 27.9 Å². The summed E-state index contributed by atoms with van der Waals surface area (Å²) in [5.74, 6) is 0.771. The van der Waals surface area contributed by atoms with Crippen LogP contribution < -0.4 is 5.32 Å². The van der Waals surface area contributed by atoms with Gasteiger partial charge in [0, 0.05) is 18.7 Å². The summed E-state index contributed by atoms with van der Waals surface area (Å²) in [7, 11) is 1.98. The van der Waals surface area contributed by atoms with E-state index < -0.39 is 0 Å². The van der Waals surface area contributed by atoms with Gasteiger partial charge in [0.25, 0.3) is 5.91 Å². The summed E-state index contributed by atoms with van der Waals surface area (Å²) in [5.41, 5.74) is 3.34. The van der Waals surface area contributed by atoms with E-state index in [1.807, 2.05) is 36.2 Å². The molecule has 0 unspecified atom stereocenters. The summed E-state index contributed by atoms with van der Waals surface area (Å²) >= 11 is 0. The van der Waals surface area contributed by atoms with Crippen molar-refractivity contribution < 1.29 is 4.79 Å². The fraction of sp³-hybridized carbons (Fsp3) is 0.381. The molecule has 2 aromatic rings. The third-order valence-corrected chi connectivity index (χ3v) is 4.84. The maximum Gasteiger partial charge on any atom is 0.254 e. The van der Waals surface area contributed by atoms with Crippen LogP contribution in [0.15, 0.2) is 54.6 Å². The smallest absolute Gasteiger partial charge is 0.254 e. The van der Waals surface area contributed by atoms with Gasteiger partial charge >= 0.3 is 0 Å². The number of benzene rings is 2. The van der Waals surface area contributed by atoms with Crippen LogP contribution in [0.5, 0.6) is 0 Å².